The van der Waals surface area contributed by atoms with E-state index < -0.39 is 0 Å². The molecule has 0 spiro atoms. The average molecular weight is 325 g/mol. The van der Waals surface area contributed by atoms with Crippen LogP contribution in [0.25, 0.3) is 0 Å². The number of anilines is 1. The van der Waals surface area contributed by atoms with Gasteiger partial charge >= 0.3 is 0 Å². The normalized spacial score (nSPS) is 18.4. The van der Waals surface area contributed by atoms with E-state index in [9.17, 15) is 0 Å². The van der Waals surface area contributed by atoms with Gasteiger partial charge in [-0.05, 0) is 49.1 Å². The van der Waals surface area contributed by atoms with Crippen molar-refractivity contribution in [3.63, 3.8) is 0 Å². The molecule has 2 nitrogen and oxygen atoms in total. The highest BCUT2D eigenvalue weighted by atomic mass is 35.5. The first-order chi connectivity index (χ1) is 11.3. The summed E-state index contributed by atoms with van der Waals surface area (Å²) < 4.78 is 0. The lowest BCUT2D eigenvalue weighted by atomic mass is 9.90. The number of nitrogens with zero attached hydrogens (tertiary/aromatic N) is 1. The molecule has 23 heavy (non-hydrogen) atoms. The molecule has 118 valence electrons. The molecule has 0 heterocycles. The van der Waals surface area contributed by atoms with Gasteiger partial charge in [0.2, 0.25) is 0 Å². The number of para-hydroxylation sites is 2. The Hall–Kier alpha value is -2.06. The summed E-state index contributed by atoms with van der Waals surface area (Å²) in [7, 11) is 0. The van der Waals surface area contributed by atoms with Gasteiger partial charge in [0.15, 0.2) is 0 Å². The van der Waals surface area contributed by atoms with Gasteiger partial charge in [-0.2, -0.15) is 0 Å². The Bertz CT molecular complexity index is 677. The van der Waals surface area contributed by atoms with E-state index in [2.05, 4.69) is 22.4 Å². The van der Waals surface area contributed by atoms with Crippen LogP contribution in [0, 0.1) is 5.92 Å². The summed E-state index contributed by atoms with van der Waals surface area (Å²) in [5, 5.41) is 4.43. The van der Waals surface area contributed by atoms with Crippen LogP contribution in [-0.4, -0.2) is 12.8 Å². The second-order valence-corrected chi connectivity index (χ2v) is 6.21. The lowest BCUT2D eigenvalue weighted by molar-refractivity contribution is 0.547. The summed E-state index contributed by atoms with van der Waals surface area (Å²) >= 11 is 6.63. The third kappa shape index (κ3) is 4.46. The van der Waals surface area contributed by atoms with Gasteiger partial charge < -0.3 is 5.32 Å². The fourth-order valence-corrected chi connectivity index (χ4v) is 3.16. The van der Waals surface area contributed by atoms with Crippen molar-refractivity contribution in [1.82, 2.24) is 0 Å². The average Bonchev–Trinajstić information content (AvgIpc) is 2.61. The van der Waals surface area contributed by atoms with Gasteiger partial charge in [-0.15, -0.1) is 0 Å². The molecule has 1 aliphatic rings. The van der Waals surface area contributed by atoms with Gasteiger partial charge in [-0.3, -0.25) is 4.99 Å². The molecule has 0 saturated carbocycles. The Labute approximate surface area is 142 Å². The minimum absolute atomic E-state index is 0.364. The van der Waals surface area contributed by atoms with E-state index in [0.29, 0.717) is 5.92 Å². The Balaban J connectivity index is 1.66. The number of allylic oxidation sites excluding steroid dienone is 1. The van der Waals surface area contributed by atoms with Crippen molar-refractivity contribution in [2.24, 2.45) is 10.9 Å². The van der Waals surface area contributed by atoms with Gasteiger partial charge in [0, 0.05) is 29.4 Å². The molecule has 3 heteroatoms. The predicted molar refractivity (Wildman–Crippen MR) is 99.7 cm³/mol. The molecule has 2 aromatic rings. The van der Waals surface area contributed by atoms with E-state index in [4.69, 9.17) is 11.6 Å². The highest BCUT2D eigenvalue weighted by Gasteiger charge is 2.20. The zero-order valence-electron chi connectivity index (χ0n) is 13.1. The van der Waals surface area contributed by atoms with Crippen molar-refractivity contribution in [1.29, 1.82) is 0 Å². The molecule has 0 aromatic heterocycles. The molecule has 2 aromatic carbocycles. The second-order valence-electron chi connectivity index (χ2n) is 5.80. The van der Waals surface area contributed by atoms with Crippen LogP contribution < -0.4 is 5.32 Å². The standard InChI is InChI=1S/C20H21ClN2/c21-20-16(14-22-18-10-3-1-4-11-18)8-7-9-17(20)15-23-19-12-5-2-6-13-19/h1-6,10-14,17,23H,7-9,15H2. The summed E-state index contributed by atoms with van der Waals surface area (Å²) in [5.74, 6) is 0.364. The van der Waals surface area contributed by atoms with E-state index in [1.165, 1.54) is 5.57 Å². The highest BCUT2D eigenvalue weighted by Crippen LogP contribution is 2.32. The van der Waals surface area contributed by atoms with Crippen LogP contribution in [-0.2, 0) is 0 Å². The van der Waals surface area contributed by atoms with Crippen LogP contribution in [0.15, 0.2) is 76.3 Å². The molecule has 0 saturated heterocycles. The summed E-state index contributed by atoms with van der Waals surface area (Å²) in [5.41, 5.74) is 3.28. The molecule has 3 rings (SSSR count). The number of nitrogens with one attached hydrogen (secondary N) is 1. The highest BCUT2D eigenvalue weighted by molar-refractivity contribution is 6.31. The largest absolute Gasteiger partial charge is 0.384 e. The Morgan fingerprint density at radius 1 is 1.04 bits per heavy atom. The van der Waals surface area contributed by atoms with E-state index in [1.54, 1.807) is 0 Å². The van der Waals surface area contributed by atoms with Crippen LogP contribution in [0.5, 0.6) is 0 Å². The molecule has 1 unspecified atom stereocenters. The lowest BCUT2D eigenvalue weighted by Gasteiger charge is -2.24. The van der Waals surface area contributed by atoms with Crippen LogP contribution in [0.1, 0.15) is 19.3 Å². The molecule has 0 amide bonds. The molecular weight excluding hydrogens is 304 g/mol. The Morgan fingerprint density at radius 2 is 1.74 bits per heavy atom. The topological polar surface area (TPSA) is 24.4 Å². The number of halogens is 1. The van der Waals surface area contributed by atoms with Crippen LogP contribution in [0.3, 0.4) is 0 Å². The summed E-state index contributed by atoms with van der Waals surface area (Å²) in [6, 6.07) is 20.3. The van der Waals surface area contributed by atoms with Crippen molar-refractivity contribution in [2.75, 3.05) is 11.9 Å². The third-order valence-electron chi connectivity index (χ3n) is 4.12. The van der Waals surface area contributed by atoms with E-state index in [0.717, 1.165) is 42.2 Å². The van der Waals surface area contributed by atoms with Crippen LogP contribution in [0.2, 0.25) is 0 Å². The maximum atomic E-state index is 6.63. The smallest absolute Gasteiger partial charge is 0.0629 e. The predicted octanol–water partition coefficient (Wildman–Crippen LogP) is 5.79. The van der Waals surface area contributed by atoms with Crippen LogP contribution in [0.4, 0.5) is 11.4 Å². The number of hydrogen-bond donors (Lipinski definition) is 1. The first-order valence-corrected chi connectivity index (χ1v) is 8.47. The van der Waals surface area contributed by atoms with E-state index in [-0.39, 0.29) is 0 Å². The fourth-order valence-electron chi connectivity index (χ4n) is 2.83. The quantitative estimate of drug-likeness (QED) is 0.691. The zero-order chi connectivity index (χ0) is 15.9. The number of benzene rings is 2. The molecular formula is C20H21ClN2. The van der Waals surface area contributed by atoms with Crippen molar-refractivity contribution >= 4 is 29.2 Å². The molecule has 0 bridgehead atoms. The van der Waals surface area contributed by atoms with Crippen LogP contribution >= 0.6 is 11.6 Å². The van der Waals surface area contributed by atoms with Gasteiger partial charge in [0.1, 0.15) is 0 Å². The molecule has 1 aliphatic carbocycles. The second kappa shape index (κ2) is 7.98. The SMILES string of the molecule is ClC1=C(C=Nc2ccccc2)CCCC1CNc1ccccc1. The summed E-state index contributed by atoms with van der Waals surface area (Å²) in [4.78, 5) is 4.55. The Kier molecular flexibility index (Phi) is 5.49. The van der Waals surface area contributed by atoms with E-state index >= 15 is 0 Å². The van der Waals surface area contributed by atoms with Gasteiger partial charge in [0.25, 0.3) is 0 Å². The summed E-state index contributed by atoms with van der Waals surface area (Å²) in [6.07, 6.45) is 5.23. The van der Waals surface area contributed by atoms with Crippen molar-refractivity contribution in [3.8, 4) is 0 Å². The molecule has 0 aliphatic heterocycles. The lowest BCUT2D eigenvalue weighted by Crippen LogP contribution is -2.19. The minimum atomic E-state index is 0.364. The molecule has 1 N–H and O–H groups in total. The van der Waals surface area contributed by atoms with Gasteiger partial charge in [0.05, 0.1) is 5.69 Å². The van der Waals surface area contributed by atoms with Gasteiger partial charge in [-0.1, -0.05) is 48.0 Å². The Morgan fingerprint density at radius 3 is 2.48 bits per heavy atom. The molecule has 1 atom stereocenters. The first-order valence-electron chi connectivity index (χ1n) is 8.09. The fraction of sp³-hybridized carbons (Fsp3) is 0.250. The monoisotopic (exact) mass is 324 g/mol. The van der Waals surface area contributed by atoms with Crippen molar-refractivity contribution < 1.29 is 0 Å². The van der Waals surface area contributed by atoms with Crippen molar-refractivity contribution in [3.05, 3.63) is 71.3 Å². The summed E-state index contributed by atoms with van der Waals surface area (Å²) in [6.45, 7) is 0.867. The number of aliphatic imine (C=N–C) groups is 1. The number of rotatable bonds is 5. The maximum Gasteiger partial charge on any atom is 0.0629 e. The minimum Gasteiger partial charge on any atom is -0.384 e. The molecule has 0 fully saturated rings. The van der Waals surface area contributed by atoms with Gasteiger partial charge in [-0.25, -0.2) is 0 Å². The first kappa shape index (κ1) is 15.8. The van der Waals surface area contributed by atoms with Crippen molar-refractivity contribution in [2.45, 2.75) is 19.3 Å². The van der Waals surface area contributed by atoms with E-state index in [1.807, 2.05) is 54.7 Å². The molecule has 0 radical (unpaired) electrons. The third-order valence-corrected chi connectivity index (χ3v) is 4.67. The zero-order valence-corrected chi connectivity index (χ0v) is 13.8. The maximum absolute atomic E-state index is 6.63. The number of hydrogen-bond acceptors (Lipinski definition) is 2.